The van der Waals surface area contributed by atoms with Gasteiger partial charge in [0.2, 0.25) is 0 Å². The molecule has 25 heavy (non-hydrogen) atoms. The van der Waals surface area contributed by atoms with E-state index in [1.807, 2.05) is 26.0 Å². The van der Waals surface area contributed by atoms with Gasteiger partial charge in [0.15, 0.2) is 0 Å². The first-order valence-corrected chi connectivity index (χ1v) is 9.17. The van der Waals surface area contributed by atoms with E-state index in [4.69, 9.17) is 11.1 Å². The van der Waals surface area contributed by atoms with Crippen molar-refractivity contribution in [2.75, 3.05) is 39.8 Å². The predicted molar refractivity (Wildman–Crippen MR) is 115 cm³/mol. The summed E-state index contributed by atoms with van der Waals surface area (Å²) in [4.78, 5) is 5.76. The van der Waals surface area contributed by atoms with Crippen molar-refractivity contribution >= 4 is 17.2 Å². The minimum atomic E-state index is 0.583. The number of allylic oxidation sites excluding steroid dienone is 2. The smallest absolute Gasteiger partial charge is 0.128 e. The molecule has 2 rings (SSSR count). The molecule has 1 aromatic rings. The minimum Gasteiger partial charge on any atom is -0.354 e. The Balaban J connectivity index is 0. The zero-order valence-electron chi connectivity index (χ0n) is 16.2. The molecule has 1 fully saturated rings. The average molecular weight is 363 g/mol. The molecule has 1 aromatic heterocycles. The van der Waals surface area contributed by atoms with Gasteiger partial charge in [0.25, 0.3) is 0 Å². The Hall–Kier alpha value is -1.87. The van der Waals surface area contributed by atoms with Gasteiger partial charge in [-0.25, -0.2) is 0 Å². The quantitative estimate of drug-likeness (QED) is 0.366. The van der Waals surface area contributed by atoms with Crippen molar-refractivity contribution in [3.63, 3.8) is 0 Å². The summed E-state index contributed by atoms with van der Waals surface area (Å²) in [5, 5.41) is 10.2. The van der Waals surface area contributed by atoms with E-state index < -0.39 is 0 Å². The van der Waals surface area contributed by atoms with E-state index in [-0.39, 0.29) is 0 Å². The van der Waals surface area contributed by atoms with Crippen LogP contribution >= 0.6 is 11.3 Å². The zero-order valence-corrected chi connectivity index (χ0v) is 17.0. The summed E-state index contributed by atoms with van der Waals surface area (Å²) in [7, 11) is 2.13. The van der Waals surface area contributed by atoms with Crippen molar-refractivity contribution in [2.24, 2.45) is 5.73 Å². The predicted octanol–water partition coefficient (Wildman–Crippen LogP) is 3.59. The standard InChI is InChI=1S/C11H17N3S.C4H8.C3H7N.C2H2/c1-9-7-10(8-15-9)11(12)14-5-3-13(2)4-6-14;1-3-4-2;1-2-3-4;1-2/h7-8,12H,3-6H2,1-2H3;3-4H,1-2H3;2H,1,3-4H2;1-2H/b;4-3-;;. The van der Waals surface area contributed by atoms with Gasteiger partial charge >= 0.3 is 0 Å². The summed E-state index contributed by atoms with van der Waals surface area (Å²) >= 11 is 1.72. The van der Waals surface area contributed by atoms with Gasteiger partial charge in [-0.05, 0) is 33.9 Å². The highest BCUT2D eigenvalue weighted by atomic mass is 32.1. The average Bonchev–Trinajstić information content (AvgIpc) is 3.10. The fourth-order valence-corrected chi connectivity index (χ4v) is 2.47. The molecule has 2 heterocycles. The summed E-state index contributed by atoms with van der Waals surface area (Å²) in [5.74, 6) is 0.687. The van der Waals surface area contributed by atoms with E-state index in [1.54, 1.807) is 17.4 Å². The first-order valence-electron chi connectivity index (χ1n) is 8.29. The van der Waals surface area contributed by atoms with Crippen LogP contribution in [0.2, 0.25) is 0 Å². The fourth-order valence-electron chi connectivity index (χ4n) is 1.78. The van der Waals surface area contributed by atoms with Crippen LogP contribution in [0, 0.1) is 25.2 Å². The number of terminal acetylenes is 1. The van der Waals surface area contributed by atoms with E-state index in [0.717, 1.165) is 31.7 Å². The SMILES string of the molecule is C#C.C/C=C\C.C=CCN.Cc1cc(C(=N)N2CCN(C)CC2)cs1. The van der Waals surface area contributed by atoms with Gasteiger partial charge in [0.1, 0.15) is 5.84 Å². The van der Waals surface area contributed by atoms with E-state index in [9.17, 15) is 0 Å². The molecule has 1 aliphatic heterocycles. The Labute approximate surface area is 158 Å². The van der Waals surface area contributed by atoms with Gasteiger partial charge in [-0.15, -0.1) is 30.8 Å². The van der Waals surface area contributed by atoms with E-state index in [0.29, 0.717) is 12.4 Å². The zero-order chi connectivity index (χ0) is 19.7. The van der Waals surface area contributed by atoms with Gasteiger partial charge < -0.3 is 15.5 Å². The normalized spacial score (nSPS) is 13.5. The molecular weight excluding hydrogens is 328 g/mol. The number of hydrogen-bond acceptors (Lipinski definition) is 4. The maximum absolute atomic E-state index is 8.12. The first-order chi connectivity index (χ1) is 12.0. The second-order valence-electron chi connectivity index (χ2n) is 5.28. The Morgan fingerprint density at radius 1 is 1.28 bits per heavy atom. The monoisotopic (exact) mass is 362 g/mol. The van der Waals surface area contributed by atoms with Crippen LogP contribution in [0.3, 0.4) is 0 Å². The van der Waals surface area contributed by atoms with Gasteiger partial charge in [-0.2, -0.15) is 0 Å². The Bertz CT molecular complexity index is 505. The molecule has 5 heteroatoms. The maximum Gasteiger partial charge on any atom is 0.128 e. The van der Waals surface area contributed by atoms with Gasteiger partial charge in [0, 0.05) is 48.5 Å². The second-order valence-corrected chi connectivity index (χ2v) is 6.39. The van der Waals surface area contributed by atoms with Crippen molar-refractivity contribution in [2.45, 2.75) is 20.8 Å². The molecular formula is C20H34N4S. The first kappa shape index (κ1) is 25.4. The number of rotatable bonds is 2. The fraction of sp³-hybridized carbons (Fsp3) is 0.450. The molecule has 0 atom stereocenters. The molecule has 4 nitrogen and oxygen atoms in total. The number of aryl methyl sites for hydroxylation is 1. The minimum absolute atomic E-state index is 0.583. The van der Waals surface area contributed by atoms with Crippen LogP contribution in [0.1, 0.15) is 24.3 Å². The van der Waals surface area contributed by atoms with Crippen LogP contribution in [0.4, 0.5) is 0 Å². The number of piperazine rings is 1. The summed E-state index contributed by atoms with van der Waals surface area (Å²) in [5.41, 5.74) is 5.98. The molecule has 140 valence electrons. The summed E-state index contributed by atoms with van der Waals surface area (Å²) < 4.78 is 0. The molecule has 3 N–H and O–H groups in total. The molecule has 0 spiro atoms. The lowest BCUT2D eigenvalue weighted by atomic mass is 10.2. The van der Waals surface area contributed by atoms with E-state index in [2.05, 4.69) is 54.6 Å². The van der Waals surface area contributed by atoms with Crippen molar-refractivity contribution in [3.05, 3.63) is 46.7 Å². The maximum atomic E-state index is 8.12. The van der Waals surface area contributed by atoms with Crippen LogP contribution in [-0.4, -0.2) is 55.4 Å². The third kappa shape index (κ3) is 12.2. The molecule has 0 unspecified atom stereocenters. The van der Waals surface area contributed by atoms with E-state index >= 15 is 0 Å². The van der Waals surface area contributed by atoms with Crippen molar-refractivity contribution in [1.82, 2.24) is 9.80 Å². The lowest BCUT2D eigenvalue weighted by Crippen LogP contribution is -2.47. The van der Waals surface area contributed by atoms with Crippen LogP contribution < -0.4 is 5.73 Å². The van der Waals surface area contributed by atoms with Crippen molar-refractivity contribution < 1.29 is 0 Å². The number of hydrogen-bond donors (Lipinski definition) is 2. The van der Waals surface area contributed by atoms with Crippen molar-refractivity contribution in [3.8, 4) is 12.8 Å². The molecule has 1 saturated heterocycles. The molecule has 0 radical (unpaired) electrons. The lowest BCUT2D eigenvalue weighted by molar-refractivity contribution is 0.215. The topological polar surface area (TPSA) is 56.4 Å². The van der Waals surface area contributed by atoms with Crippen LogP contribution in [0.15, 0.2) is 36.3 Å². The summed E-state index contributed by atoms with van der Waals surface area (Å²) in [6, 6.07) is 2.10. The van der Waals surface area contributed by atoms with E-state index in [1.165, 1.54) is 4.88 Å². The molecule has 0 aliphatic carbocycles. The molecule has 0 aromatic carbocycles. The molecule has 0 saturated carbocycles. The summed E-state index contributed by atoms with van der Waals surface area (Å²) in [6.07, 6.45) is 13.7. The van der Waals surface area contributed by atoms with Gasteiger partial charge in [0.05, 0.1) is 0 Å². The third-order valence-corrected chi connectivity index (χ3v) is 4.18. The van der Waals surface area contributed by atoms with Crippen LogP contribution in [0.5, 0.6) is 0 Å². The number of likely N-dealkylation sites (N-methyl/N-ethyl adjacent to an activating group) is 1. The third-order valence-electron chi connectivity index (χ3n) is 3.32. The Morgan fingerprint density at radius 2 is 1.76 bits per heavy atom. The van der Waals surface area contributed by atoms with Gasteiger partial charge in [-0.3, -0.25) is 5.41 Å². The number of nitrogens with one attached hydrogen (secondary N) is 1. The largest absolute Gasteiger partial charge is 0.354 e. The number of nitrogens with two attached hydrogens (primary N) is 1. The Kier molecular flexibility index (Phi) is 17.2. The second kappa shape index (κ2) is 17.0. The van der Waals surface area contributed by atoms with Crippen molar-refractivity contribution in [1.29, 1.82) is 5.41 Å². The van der Waals surface area contributed by atoms with Crippen LogP contribution in [-0.2, 0) is 0 Å². The highest BCUT2D eigenvalue weighted by Gasteiger charge is 2.17. The van der Waals surface area contributed by atoms with Crippen LogP contribution in [0.25, 0.3) is 0 Å². The Morgan fingerprint density at radius 3 is 2.08 bits per heavy atom. The summed E-state index contributed by atoms with van der Waals surface area (Å²) in [6.45, 7) is 14.1. The molecule has 1 aliphatic rings. The lowest BCUT2D eigenvalue weighted by Gasteiger charge is -2.33. The number of amidine groups is 1. The van der Waals surface area contributed by atoms with Gasteiger partial charge in [-0.1, -0.05) is 18.2 Å². The highest BCUT2D eigenvalue weighted by Crippen LogP contribution is 2.15. The highest BCUT2D eigenvalue weighted by molar-refractivity contribution is 7.10. The number of thiophene rings is 1. The number of nitrogens with zero attached hydrogens (tertiary/aromatic N) is 2. The molecule has 0 amide bonds. The molecule has 0 bridgehead atoms.